The summed E-state index contributed by atoms with van der Waals surface area (Å²) in [5, 5.41) is 3.41. The van der Waals surface area contributed by atoms with E-state index < -0.39 is 0 Å². The van der Waals surface area contributed by atoms with E-state index in [9.17, 15) is 0 Å². The van der Waals surface area contributed by atoms with Crippen molar-refractivity contribution in [1.82, 2.24) is 10.2 Å². The Hall–Kier alpha value is 0.230. The van der Waals surface area contributed by atoms with Crippen molar-refractivity contribution in [3.8, 4) is 0 Å². The van der Waals surface area contributed by atoms with Crippen LogP contribution in [-0.2, 0) is 4.74 Å². The highest BCUT2D eigenvalue weighted by atomic mass is 32.2. The molecular weight excluding hydrogens is 232 g/mol. The zero-order valence-corrected chi connectivity index (χ0v) is 12.4. The lowest BCUT2D eigenvalue weighted by atomic mass is 10.1. The van der Waals surface area contributed by atoms with Gasteiger partial charge < -0.3 is 10.1 Å². The first-order valence-corrected chi connectivity index (χ1v) is 8.15. The summed E-state index contributed by atoms with van der Waals surface area (Å²) in [6, 6.07) is 0. The number of hydrogen-bond acceptors (Lipinski definition) is 4. The molecule has 0 aromatic rings. The Balaban J connectivity index is 2.10. The molecule has 1 rings (SSSR count). The summed E-state index contributed by atoms with van der Waals surface area (Å²) in [5.74, 6) is 1.85. The number of ether oxygens (including phenoxy) is 1. The average molecular weight is 260 g/mol. The molecule has 1 heterocycles. The summed E-state index contributed by atoms with van der Waals surface area (Å²) < 4.78 is 5.77. The van der Waals surface area contributed by atoms with Crippen molar-refractivity contribution in [2.75, 3.05) is 44.9 Å². The zero-order chi connectivity index (χ0) is 12.5. The van der Waals surface area contributed by atoms with Gasteiger partial charge >= 0.3 is 0 Å². The molecule has 0 saturated carbocycles. The van der Waals surface area contributed by atoms with Crippen LogP contribution in [-0.4, -0.2) is 55.9 Å². The molecule has 0 amide bonds. The van der Waals surface area contributed by atoms with Crippen molar-refractivity contribution in [2.24, 2.45) is 5.92 Å². The first-order valence-electron chi connectivity index (χ1n) is 6.76. The third-order valence-corrected chi connectivity index (χ3v) is 3.59. The number of morpholine rings is 1. The van der Waals surface area contributed by atoms with Gasteiger partial charge in [0, 0.05) is 25.5 Å². The molecule has 0 bridgehead atoms. The van der Waals surface area contributed by atoms with Crippen molar-refractivity contribution >= 4 is 11.8 Å². The lowest BCUT2D eigenvalue weighted by Gasteiger charge is -2.33. The molecule has 17 heavy (non-hydrogen) atoms. The molecular formula is C13H28N2OS. The van der Waals surface area contributed by atoms with Crippen molar-refractivity contribution in [3.05, 3.63) is 0 Å². The maximum Gasteiger partial charge on any atom is 0.0827 e. The van der Waals surface area contributed by atoms with Crippen LogP contribution in [0.5, 0.6) is 0 Å². The summed E-state index contributed by atoms with van der Waals surface area (Å²) in [7, 11) is 0. The molecule has 0 radical (unpaired) electrons. The second-order valence-corrected chi connectivity index (χ2v) is 6.08. The van der Waals surface area contributed by atoms with Crippen molar-refractivity contribution in [3.63, 3.8) is 0 Å². The normalized spacial score (nSPS) is 22.2. The summed E-state index contributed by atoms with van der Waals surface area (Å²) in [4.78, 5) is 2.55. The Morgan fingerprint density at radius 2 is 2.29 bits per heavy atom. The topological polar surface area (TPSA) is 24.5 Å². The lowest BCUT2D eigenvalue weighted by Crippen LogP contribution is -2.46. The SMILES string of the molecule is CSCNC[C@@H]1CN(CCCC(C)C)CCO1. The van der Waals surface area contributed by atoms with Gasteiger partial charge in [-0.05, 0) is 31.6 Å². The summed E-state index contributed by atoms with van der Waals surface area (Å²) in [5.41, 5.74) is 0. The first-order chi connectivity index (χ1) is 8.22. The van der Waals surface area contributed by atoms with Gasteiger partial charge in [-0.2, -0.15) is 0 Å². The second kappa shape index (κ2) is 9.20. The molecule has 1 aliphatic heterocycles. The van der Waals surface area contributed by atoms with Crippen molar-refractivity contribution in [1.29, 1.82) is 0 Å². The van der Waals surface area contributed by atoms with Crippen LogP contribution in [0.1, 0.15) is 26.7 Å². The predicted octanol–water partition coefficient (Wildman–Crippen LogP) is 2.03. The van der Waals surface area contributed by atoms with E-state index >= 15 is 0 Å². The Labute approximate surface area is 111 Å². The van der Waals surface area contributed by atoms with Gasteiger partial charge in [-0.1, -0.05) is 13.8 Å². The highest BCUT2D eigenvalue weighted by Gasteiger charge is 2.19. The molecule has 0 unspecified atom stereocenters. The third kappa shape index (κ3) is 7.29. The predicted molar refractivity (Wildman–Crippen MR) is 76.6 cm³/mol. The van der Waals surface area contributed by atoms with Gasteiger partial charge in [0.1, 0.15) is 0 Å². The minimum atomic E-state index is 0.384. The fourth-order valence-corrected chi connectivity index (χ4v) is 2.47. The van der Waals surface area contributed by atoms with Gasteiger partial charge in [-0.3, -0.25) is 4.90 Å². The monoisotopic (exact) mass is 260 g/mol. The Kier molecular flexibility index (Phi) is 8.27. The summed E-state index contributed by atoms with van der Waals surface area (Å²) >= 11 is 1.83. The maximum absolute atomic E-state index is 5.77. The number of nitrogens with one attached hydrogen (secondary N) is 1. The molecule has 3 nitrogen and oxygen atoms in total. The summed E-state index contributed by atoms with van der Waals surface area (Å²) in [6.07, 6.45) is 5.16. The minimum absolute atomic E-state index is 0.384. The van der Waals surface area contributed by atoms with Crippen LogP contribution in [0.2, 0.25) is 0 Å². The van der Waals surface area contributed by atoms with Crippen molar-refractivity contribution in [2.45, 2.75) is 32.8 Å². The highest BCUT2D eigenvalue weighted by Crippen LogP contribution is 2.09. The van der Waals surface area contributed by atoms with Crippen molar-refractivity contribution < 1.29 is 4.74 Å². The molecule has 102 valence electrons. The quantitative estimate of drug-likeness (QED) is 0.533. The number of nitrogens with zero attached hydrogens (tertiary/aromatic N) is 1. The van der Waals surface area contributed by atoms with Gasteiger partial charge in [0.2, 0.25) is 0 Å². The Bertz CT molecular complexity index is 190. The molecule has 0 aromatic carbocycles. The van der Waals surface area contributed by atoms with Crippen LogP contribution >= 0.6 is 11.8 Å². The van der Waals surface area contributed by atoms with E-state index in [1.54, 1.807) is 0 Å². The molecule has 1 fully saturated rings. The van der Waals surface area contributed by atoms with Crippen LogP contribution in [0.3, 0.4) is 0 Å². The van der Waals surface area contributed by atoms with E-state index in [0.717, 1.165) is 38.0 Å². The lowest BCUT2D eigenvalue weighted by molar-refractivity contribution is -0.0269. The van der Waals surface area contributed by atoms with Crippen LogP contribution in [0, 0.1) is 5.92 Å². The third-order valence-electron chi connectivity index (χ3n) is 3.10. The number of thioether (sulfide) groups is 1. The molecule has 1 aliphatic rings. The van der Waals surface area contributed by atoms with Crippen LogP contribution in [0.25, 0.3) is 0 Å². The van der Waals surface area contributed by atoms with E-state index in [-0.39, 0.29) is 0 Å². The molecule has 1 atom stereocenters. The van der Waals surface area contributed by atoms with Gasteiger partial charge in [-0.15, -0.1) is 11.8 Å². The van der Waals surface area contributed by atoms with Gasteiger partial charge in [0.25, 0.3) is 0 Å². The van der Waals surface area contributed by atoms with Gasteiger partial charge in [0.15, 0.2) is 0 Å². The Morgan fingerprint density at radius 1 is 1.47 bits per heavy atom. The molecule has 1 N–H and O–H groups in total. The molecule has 0 aromatic heterocycles. The van der Waals surface area contributed by atoms with Crippen LogP contribution < -0.4 is 5.32 Å². The highest BCUT2D eigenvalue weighted by molar-refractivity contribution is 7.98. The molecule has 0 aliphatic carbocycles. The van der Waals surface area contributed by atoms with Gasteiger partial charge in [-0.25, -0.2) is 0 Å². The number of rotatable bonds is 8. The molecule has 4 heteroatoms. The van der Waals surface area contributed by atoms with E-state index in [4.69, 9.17) is 4.74 Å². The molecule has 0 spiro atoms. The van der Waals surface area contributed by atoms with Crippen LogP contribution in [0.4, 0.5) is 0 Å². The fourth-order valence-electron chi connectivity index (χ4n) is 2.15. The average Bonchev–Trinajstić information content (AvgIpc) is 2.29. The first kappa shape index (κ1) is 15.3. The standard InChI is InChI=1S/C13H28N2OS/c1-12(2)5-4-6-15-7-8-16-13(10-15)9-14-11-17-3/h12-14H,4-11H2,1-3H3/t13-/m1/s1. The maximum atomic E-state index is 5.77. The Morgan fingerprint density at radius 3 is 3.00 bits per heavy atom. The second-order valence-electron chi connectivity index (χ2n) is 5.22. The van der Waals surface area contributed by atoms with E-state index in [2.05, 4.69) is 30.3 Å². The fraction of sp³-hybridized carbons (Fsp3) is 1.00. The largest absolute Gasteiger partial charge is 0.374 e. The number of hydrogen-bond donors (Lipinski definition) is 1. The van der Waals surface area contributed by atoms with E-state index in [1.165, 1.54) is 19.4 Å². The smallest absolute Gasteiger partial charge is 0.0827 e. The molecule has 1 saturated heterocycles. The van der Waals surface area contributed by atoms with E-state index in [1.807, 2.05) is 11.8 Å². The summed E-state index contributed by atoms with van der Waals surface area (Å²) in [6.45, 7) is 9.93. The van der Waals surface area contributed by atoms with E-state index in [0.29, 0.717) is 6.10 Å². The minimum Gasteiger partial charge on any atom is -0.374 e. The van der Waals surface area contributed by atoms with Crippen LogP contribution in [0.15, 0.2) is 0 Å². The van der Waals surface area contributed by atoms with Gasteiger partial charge in [0.05, 0.1) is 12.7 Å². The zero-order valence-electron chi connectivity index (χ0n) is 11.6.